The van der Waals surface area contributed by atoms with E-state index in [9.17, 15) is 0 Å². The summed E-state index contributed by atoms with van der Waals surface area (Å²) in [5, 5.41) is 3.61. The molecule has 2 atom stereocenters. The molecule has 3 heteroatoms. The highest BCUT2D eigenvalue weighted by atomic mass is 16.5. The van der Waals surface area contributed by atoms with Crippen molar-refractivity contribution in [1.82, 2.24) is 5.32 Å². The largest absolute Gasteiger partial charge is 0.497 e. The van der Waals surface area contributed by atoms with Crippen LogP contribution >= 0.6 is 0 Å². The Kier molecular flexibility index (Phi) is 5.06. The highest BCUT2D eigenvalue weighted by Crippen LogP contribution is 2.43. The van der Waals surface area contributed by atoms with Gasteiger partial charge in [0, 0.05) is 11.5 Å². The van der Waals surface area contributed by atoms with Crippen molar-refractivity contribution in [3.05, 3.63) is 29.8 Å². The van der Waals surface area contributed by atoms with Crippen molar-refractivity contribution in [1.29, 1.82) is 0 Å². The maximum absolute atomic E-state index is 6.09. The molecule has 1 aliphatic carbocycles. The zero-order valence-electron chi connectivity index (χ0n) is 13.1. The fourth-order valence-corrected chi connectivity index (χ4v) is 2.79. The van der Waals surface area contributed by atoms with E-state index in [0.29, 0.717) is 18.8 Å². The van der Waals surface area contributed by atoms with Crippen LogP contribution in [0, 0.1) is 5.41 Å². The summed E-state index contributed by atoms with van der Waals surface area (Å²) in [6.07, 6.45) is 2.63. The number of methoxy groups -OCH3 is 1. The van der Waals surface area contributed by atoms with Gasteiger partial charge in [-0.2, -0.15) is 0 Å². The maximum atomic E-state index is 6.09. The van der Waals surface area contributed by atoms with E-state index >= 15 is 0 Å². The third-order valence-corrected chi connectivity index (χ3v) is 4.40. The van der Waals surface area contributed by atoms with Gasteiger partial charge in [0.1, 0.15) is 5.75 Å². The van der Waals surface area contributed by atoms with Crippen LogP contribution in [0.4, 0.5) is 0 Å². The van der Waals surface area contributed by atoms with Gasteiger partial charge in [-0.05, 0) is 37.1 Å². The van der Waals surface area contributed by atoms with Gasteiger partial charge in [-0.15, -0.1) is 0 Å². The van der Waals surface area contributed by atoms with Crippen LogP contribution in [0.2, 0.25) is 0 Å². The second-order valence-electron chi connectivity index (χ2n) is 6.21. The smallest absolute Gasteiger partial charge is 0.119 e. The lowest BCUT2D eigenvalue weighted by atomic mass is 9.64. The molecular formula is C17H27NO2. The average molecular weight is 277 g/mol. The first kappa shape index (κ1) is 15.3. The Morgan fingerprint density at radius 2 is 2.15 bits per heavy atom. The molecule has 1 aromatic carbocycles. The average Bonchev–Trinajstić information content (AvgIpc) is 2.46. The molecular weight excluding hydrogens is 250 g/mol. The Labute approximate surface area is 122 Å². The normalized spacial score (nSPS) is 24.2. The van der Waals surface area contributed by atoms with E-state index in [1.165, 1.54) is 12.0 Å². The van der Waals surface area contributed by atoms with Crippen LogP contribution in [0.5, 0.6) is 5.75 Å². The van der Waals surface area contributed by atoms with E-state index < -0.39 is 0 Å². The Hall–Kier alpha value is -1.06. The van der Waals surface area contributed by atoms with Gasteiger partial charge in [0.15, 0.2) is 0 Å². The molecule has 0 spiro atoms. The van der Waals surface area contributed by atoms with Crippen LogP contribution in [-0.4, -0.2) is 25.8 Å². The van der Waals surface area contributed by atoms with Gasteiger partial charge in [-0.1, -0.05) is 32.9 Å². The summed E-state index contributed by atoms with van der Waals surface area (Å²) < 4.78 is 11.3. The Morgan fingerprint density at radius 3 is 2.80 bits per heavy atom. The predicted molar refractivity (Wildman–Crippen MR) is 82.1 cm³/mol. The number of ether oxygens (including phenoxy) is 2. The van der Waals surface area contributed by atoms with E-state index in [2.05, 4.69) is 32.2 Å². The summed E-state index contributed by atoms with van der Waals surface area (Å²) in [6, 6.07) is 8.67. The van der Waals surface area contributed by atoms with Crippen LogP contribution in [0.15, 0.2) is 24.3 Å². The summed E-state index contributed by atoms with van der Waals surface area (Å²) in [4.78, 5) is 0. The lowest BCUT2D eigenvalue weighted by Gasteiger charge is -2.52. The van der Waals surface area contributed by atoms with Crippen LogP contribution in [0.25, 0.3) is 0 Å². The van der Waals surface area contributed by atoms with Gasteiger partial charge in [0.2, 0.25) is 0 Å². The van der Waals surface area contributed by atoms with Gasteiger partial charge < -0.3 is 14.8 Å². The highest BCUT2D eigenvalue weighted by Gasteiger charge is 2.48. The minimum Gasteiger partial charge on any atom is -0.497 e. The first-order valence-electron chi connectivity index (χ1n) is 7.55. The first-order valence-corrected chi connectivity index (χ1v) is 7.55. The van der Waals surface area contributed by atoms with Crippen molar-refractivity contribution in [3.8, 4) is 5.75 Å². The number of rotatable bonds is 7. The first-order chi connectivity index (χ1) is 9.57. The molecule has 1 saturated carbocycles. The molecule has 0 saturated heterocycles. The summed E-state index contributed by atoms with van der Waals surface area (Å²) in [5.74, 6) is 0.890. The molecule has 3 nitrogen and oxygen atoms in total. The fraction of sp³-hybridized carbons (Fsp3) is 0.647. The molecule has 1 N–H and O–H groups in total. The molecule has 1 aromatic rings. The van der Waals surface area contributed by atoms with Gasteiger partial charge in [0.05, 0.1) is 19.8 Å². The van der Waals surface area contributed by atoms with Gasteiger partial charge in [0.25, 0.3) is 0 Å². The summed E-state index contributed by atoms with van der Waals surface area (Å²) >= 11 is 0. The minimum absolute atomic E-state index is 0.216. The van der Waals surface area contributed by atoms with Gasteiger partial charge in [-0.25, -0.2) is 0 Å². The van der Waals surface area contributed by atoms with Crippen molar-refractivity contribution < 1.29 is 9.47 Å². The Bertz CT molecular complexity index is 431. The number of benzene rings is 1. The molecule has 0 aromatic heterocycles. The third-order valence-electron chi connectivity index (χ3n) is 4.40. The number of hydrogen-bond acceptors (Lipinski definition) is 3. The van der Waals surface area contributed by atoms with Crippen LogP contribution in [0.1, 0.15) is 39.2 Å². The van der Waals surface area contributed by atoms with Crippen molar-refractivity contribution in [2.45, 2.75) is 52.4 Å². The van der Waals surface area contributed by atoms with Crippen LogP contribution < -0.4 is 10.1 Å². The van der Waals surface area contributed by atoms with Gasteiger partial charge in [-0.3, -0.25) is 0 Å². The monoisotopic (exact) mass is 277 g/mol. The topological polar surface area (TPSA) is 30.5 Å². The summed E-state index contributed by atoms with van der Waals surface area (Å²) in [7, 11) is 1.69. The molecule has 0 bridgehead atoms. The number of hydrogen-bond donors (Lipinski definition) is 1. The van der Waals surface area contributed by atoms with Crippen molar-refractivity contribution >= 4 is 0 Å². The zero-order chi connectivity index (χ0) is 14.6. The van der Waals surface area contributed by atoms with E-state index in [-0.39, 0.29) is 5.41 Å². The van der Waals surface area contributed by atoms with E-state index in [4.69, 9.17) is 9.47 Å². The molecule has 112 valence electrons. The lowest BCUT2D eigenvalue weighted by molar-refractivity contribution is -0.124. The predicted octanol–water partition coefficient (Wildman–Crippen LogP) is 3.38. The molecule has 2 unspecified atom stereocenters. The summed E-state index contributed by atoms with van der Waals surface area (Å²) in [6.45, 7) is 8.54. The Morgan fingerprint density at radius 1 is 1.35 bits per heavy atom. The molecule has 20 heavy (non-hydrogen) atoms. The minimum atomic E-state index is 0.216. The van der Waals surface area contributed by atoms with E-state index in [1.807, 2.05) is 18.2 Å². The molecule has 0 radical (unpaired) electrons. The molecule has 1 aliphatic rings. The second-order valence-corrected chi connectivity index (χ2v) is 6.21. The van der Waals surface area contributed by atoms with Crippen molar-refractivity contribution in [2.24, 2.45) is 5.41 Å². The van der Waals surface area contributed by atoms with E-state index in [0.717, 1.165) is 18.7 Å². The van der Waals surface area contributed by atoms with E-state index in [1.54, 1.807) is 7.11 Å². The molecule has 0 heterocycles. The van der Waals surface area contributed by atoms with Crippen LogP contribution in [-0.2, 0) is 11.3 Å². The Balaban J connectivity index is 1.83. The number of nitrogens with one attached hydrogen (secondary N) is 1. The molecule has 1 fully saturated rings. The molecule has 0 amide bonds. The molecule has 2 rings (SSSR count). The quantitative estimate of drug-likeness (QED) is 0.829. The SMILES string of the molecule is CCCNC1CC(OCc2cccc(OC)c2)C1(C)C. The standard InChI is InChI=1S/C17H27NO2/c1-5-9-18-15-11-16(17(15,2)3)20-12-13-7-6-8-14(10-13)19-4/h6-8,10,15-16,18H,5,9,11-12H2,1-4H3. The summed E-state index contributed by atoms with van der Waals surface area (Å²) in [5.41, 5.74) is 1.39. The molecule has 0 aliphatic heterocycles. The lowest BCUT2D eigenvalue weighted by Crippen LogP contribution is -2.60. The fourth-order valence-electron chi connectivity index (χ4n) is 2.79. The second kappa shape index (κ2) is 6.59. The van der Waals surface area contributed by atoms with Crippen LogP contribution in [0.3, 0.4) is 0 Å². The zero-order valence-corrected chi connectivity index (χ0v) is 13.1. The maximum Gasteiger partial charge on any atom is 0.119 e. The van der Waals surface area contributed by atoms with Gasteiger partial charge >= 0.3 is 0 Å². The third kappa shape index (κ3) is 3.33. The highest BCUT2D eigenvalue weighted by molar-refractivity contribution is 5.27. The van der Waals surface area contributed by atoms with Crippen molar-refractivity contribution in [2.75, 3.05) is 13.7 Å². The van der Waals surface area contributed by atoms with Crippen molar-refractivity contribution in [3.63, 3.8) is 0 Å².